The van der Waals surface area contributed by atoms with Crippen LogP contribution in [0.3, 0.4) is 0 Å². The molecule has 1 aromatic rings. The number of hydrogen-bond donors (Lipinski definition) is 0. The Kier molecular flexibility index (Phi) is 4.89. The first-order valence-corrected chi connectivity index (χ1v) is 9.40. The van der Waals surface area contributed by atoms with Crippen LogP contribution in [-0.4, -0.2) is 36.3 Å². The van der Waals surface area contributed by atoms with Gasteiger partial charge in [0, 0.05) is 23.6 Å². The molecule has 0 aromatic heterocycles. The highest BCUT2D eigenvalue weighted by molar-refractivity contribution is 8.00. The Bertz CT molecular complexity index is 681. The maximum Gasteiger partial charge on any atom is 0.243 e. The van der Waals surface area contributed by atoms with Crippen LogP contribution in [-0.2, 0) is 10.0 Å². The zero-order valence-corrected chi connectivity index (χ0v) is 14.4. The Morgan fingerprint density at radius 2 is 2.10 bits per heavy atom. The van der Waals surface area contributed by atoms with E-state index in [-0.39, 0.29) is 20.2 Å². The molecule has 0 atom stereocenters. The van der Waals surface area contributed by atoms with Crippen molar-refractivity contribution in [3.8, 4) is 6.07 Å². The predicted molar refractivity (Wildman–Crippen MR) is 86.1 cm³/mol. The highest BCUT2D eigenvalue weighted by Gasteiger charge is 2.31. The van der Waals surface area contributed by atoms with Crippen molar-refractivity contribution >= 4 is 33.4 Å². The SMILES string of the molecule is CC1(C)CCN(S(=O)(=O)c2ccc(C#N)c(Cl)c2)CCS1. The van der Waals surface area contributed by atoms with Crippen LogP contribution in [0.25, 0.3) is 0 Å². The van der Waals surface area contributed by atoms with Gasteiger partial charge in [-0.05, 0) is 24.6 Å². The normalized spacial score (nSPS) is 19.7. The van der Waals surface area contributed by atoms with Crippen LogP contribution in [0.5, 0.6) is 0 Å². The average molecular weight is 345 g/mol. The van der Waals surface area contributed by atoms with E-state index in [2.05, 4.69) is 13.8 Å². The summed E-state index contributed by atoms with van der Waals surface area (Å²) in [6.45, 7) is 5.26. The third-order valence-electron chi connectivity index (χ3n) is 3.50. The minimum atomic E-state index is -3.56. The number of halogens is 1. The van der Waals surface area contributed by atoms with Gasteiger partial charge in [0.2, 0.25) is 10.0 Å². The minimum Gasteiger partial charge on any atom is -0.207 e. The van der Waals surface area contributed by atoms with Crippen molar-refractivity contribution in [2.45, 2.75) is 29.9 Å². The summed E-state index contributed by atoms with van der Waals surface area (Å²) in [5, 5.41) is 9.03. The lowest BCUT2D eigenvalue weighted by atomic mass is 10.1. The molecular weight excluding hydrogens is 328 g/mol. The molecule has 0 radical (unpaired) electrons. The molecule has 0 saturated carbocycles. The number of hydrogen-bond acceptors (Lipinski definition) is 4. The molecule has 2 rings (SSSR count). The summed E-state index contributed by atoms with van der Waals surface area (Å²) in [5.74, 6) is 0.774. The molecule has 0 amide bonds. The molecule has 1 aromatic carbocycles. The topological polar surface area (TPSA) is 61.2 Å². The molecule has 1 heterocycles. The molecular formula is C14H17ClN2O2S2. The van der Waals surface area contributed by atoms with Gasteiger partial charge in [-0.2, -0.15) is 21.3 Å². The van der Waals surface area contributed by atoms with Crippen molar-refractivity contribution in [3.05, 3.63) is 28.8 Å². The van der Waals surface area contributed by atoms with E-state index >= 15 is 0 Å². The number of sulfonamides is 1. The van der Waals surface area contributed by atoms with Crippen LogP contribution < -0.4 is 0 Å². The number of benzene rings is 1. The van der Waals surface area contributed by atoms with Gasteiger partial charge in [0.05, 0.1) is 15.5 Å². The maximum atomic E-state index is 12.7. The fraction of sp³-hybridized carbons (Fsp3) is 0.500. The molecule has 0 N–H and O–H groups in total. The third-order valence-corrected chi connectivity index (χ3v) is 7.08. The first kappa shape index (κ1) is 16.6. The van der Waals surface area contributed by atoms with E-state index in [1.54, 1.807) is 11.8 Å². The Hall–Kier alpha value is -0.740. The number of rotatable bonds is 2. The molecule has 114 valence electrons. The van der Waals surface area contributed by atoms with Gasteiger partial charge in [0.15, 0.2) is 0 Å². The Labute approximate surface area is 135 Å². The number of thioether (sulfide) groups is 1. The van der Waals surface area contributed by atoms with Gasteiger partial charge in [0.1, 0.15) is 6.07 Å². The van der Waals surface area contributed by atoms with Gasteiger partial charge >= 0.3 is 0 Å². The quantitative estimate of drug-likeness (QED) is 0.827. The van der Waals surface area contributed by atoms with Crippen LogP contribution in [0.1, 0.15) is 25.8 Å². The van der Waals surface area contributed by atoms with Crippen molar-refractivity contribution in [2.75, 3.05) is 18.8 Å². The second kappa shape index (κ2) is 6.17. The lowest BCUT2D eigenvalue weighted by Crippen LogP contribution is -2.33. The number of nitriles is 1. The van der Waals surface area contributed by atoms with Gasteiger partial charge in [-0.1, -0.05) is 25.4 Å². The lowest BCUT2D eigenvalue weighted by molar-refractivity contribution is 0.415. The van der Waals surface area contributed by atoms with Crippen LogP contribution in [0, 0.1) is 11.3 Å². The summed E-state index contributed by atoms with van der Waals surface area (Å²) < 4.78 is 27.0. The van der Waals surface area contributed by atoms with E-state index in [0.717, 1.165) is 12.2 Å². The molecule has 1 fully saturated rings. The molecule has 0 bridgehead atoms. The zero-order valence-electron chi connectivity index (χ0n) is 12.0. The maximum absolute atomic E-state index is 12.7. The van der Waals surface area contributed by atoms with Crippen LogP contribution in [0.15, 0.2) is 23.1 Å². The standard InChI is InChI=1S/C14H17ClN2O2S2/c1-14(2)5-6-17(7-8-20-14)21(18,19)12-4-3-11(10-16)13(15)9-12/h3-4,9H,5-8H2,1-2H3. The van der Waals surface area contributed by atoms with Crippen LogP contribution >= 0.6 is 23.4 Å². The number of nitrogens with zero attached hydrogens (tertiary/aromatic N) is 2. The highest BCUT2D eigenvalue weighted by atomic mass is 35.5. The first-order chi connectivity index (χ1) is 9.76. The van der Waals surface area contributed by atoms with Crippen molar-refractivity contribution in [2.24, 2.45) is 0 Å². The largest absolute Gasteiger partial charge is 0.243 e. The molecule has 0 spiro atoms. The van der Waals surface area contributed by atoms with Crippen molar-refractivity contribution in [1.82, 2.24) is 4.31 Å². The fourth-order valence-corrected chi connectivity index (χ4v) is 5.11. The van der Waals surface area contributed by atoms with Gasteiger partial charge in [-0.3, -0.25) is 0 Å². The molecule has 1 aliphatic rings. The predicted octanol–water partition coefficient (Wildman–Crippen LogP) is 3.12. The van der Waals surface area contributed by atoms with E-state index in [0.29, 0.717) is 13.1 Å². The minimum absolute atomic E-state index is 0.0899. The zero-order chi connectivity index (χ0) is 15.7. The first-order valence-electron chi connectivity index (χ1n) is 6.60. The van der Waals surface area contributed by atoms with Gasteiger partial charge in [-0.15, -0.1) is 0 Å². The summed E-state index contributed by atoms with van der Waals surface area (Å²) in [4.78, 5) is 0.149. The second-order valence-electron chi connectivity index (χ2n) is 5.52. The molecule has 7 heteroatoms. The molecule has 1 aliphatic heterocycles. The van der Waals surface area contributed by atoms with Crippen molar-refractivity contribution in [1.29, 1.82) is 5.26 Å². The molecule has 0 aliphatic carbocycles. The molecule has 21 heavy (non-hydrogen) atoms. The van der Waals surface area contributed by atoms with Crippen molar-refractivity contribution in [3.63, 3.8) is 0 Å². The smallest absolute Gasteiger partial charge is 0.207 e. The van der Waals surface area contributed by atoms with E-state index in [9.17, 15) is 8.42 Å². The fourth-order valence-electron chi connectivity index (χ4n) is 2.14. The third kappa shape index (κ3) is 3.72. The van der Waals surface area contributed by atoms with E-state index in [4.69, 9.17) is 16.9 Å². The van der Waals surface area contributed by atoms with Gasteiger partial charge in [-0.25, -0.2) is 8.42 Å². The molecule has 0 unspecified atom stereocenters. The Morgan fingerprint density at radius 1 is 1.38 bits per heavy atom. The van der Waals surface area contributed by atoms with E-state index in [1.807, 2.05) is 6.07 Å². The Morgan fingerprint density at radius 3 is 2.71 bits per heavy atom. The molecule has 4 nitrogen and oxygen atoms in total. The molecule has 1 saturated heterocycles. The second-order valence-corrected chi connectivity index (χ2v) is 9.66. The average Bonchev–Trinajstić information content (AvgIpc) is 2.60. The van der Waals surface area contributed by atoms with Crippen molar-refractivity contribution < 1.29 is 8.42 Å². The summed E-state index contributed by atoms with van der Waals surface area (Å²) in [5.41, 5.74) is 0.281. The van der Waals surface area contributed by atoms with Crippen LogP contribution in [0.2, 0.25) is 5.02 Å². The highest BCUT2D eigenvalue weighted by Crippen LogP contribution is 2.33. The van der Waals surface area contributed by atoms with E-state index < -0.39 is 10.0 Å². The summed E-state index contributed by atoms with van der Waals surface area (Å²) >= 11 is 7.73. The van der Waals surface area contributed by atoms with E-state index in [1.165, 1.54) is 22.5 Å². The summed E-state index contributed by atoms with van der Waals surface area (Å²) in [6.07, 6.45) is 0.806. The van der Waals surface area contributed by atoms with Gasteiger partial charge in [0.25, 0.3) is 0 Å². The van der Waals surface area contributed by atoms with Crippen LogP contribution in [0.4, 0.5) is 0 Å². The Balaban J connectivity index is 2.30. The summed E-state index contributed by atoms with van der Waals surface area (Å²) in [6, 6.07) is 6.19. The van der Waals surface area contributed by atoms with Gasteiger partial charge < -0.3 is 0 Å². The monoisotopic (exact) mass is 344 g/mol. The summed E-state index contributed by atoms with van der Waals surface area (Å²) in [7, 11) is -3.56. The lowest BCUT2D eigenvalue weighted by Gasteiger charge is -2.22.